The average Bonchev–Trinajstić information content (AvgIpc) is 2.87. The third-order valence-electron chi connectivity index (χ3n) is 6.58. The molecule has 2 nitrogen and oxygen atoms in total. The molecule has 0 saturated carbocycles. The summed E-state index contributed by atoms with van der Waals surface area (Å²) >= 11 is 0. The molecule has 4 rings (SSSR count). The second kappa shape index (κ2) is 11.5. The molecule has 1 atom stereocenters. The Morgan fingerprint density at radius 1 is 0.829 bits per heavy atom. The summed E-state index contributed by atoms with van der Waals surface area (Å²) in [5, 5.41) is 0. The number of hydrogen-bond acceptors (Lipinski definition) is 2. The molecule has 0 bridgehead atoms. The highest BCUT2D eigenvalue weighted by atomic mass is 19.2. The predicted octanol–water partition coefficient (Wildman–Crippen LogP) is 8.38. The van der Waals surface area contributed by atoms with E-state index >= 15 is 0 Å². The quantitative estimate of drug-likeness (QED) is 0.306. The van der Waals surface area contributed by atoms with Gasteiger partial charge in [0.15, 0.2) is 23.2 Å². The van der Waals surface area contributed by atoms with Crippen LogP contribution in [0.15, 0.2) is 60.7 Å². The Morgan fingerprint density at radius 2 is 1.57 bits per heavy atom. The van der Waals surface area contributed by atoms with Gasteiger partial charge in [0, 0.05) is 5.56 Å². The molecule has 1 unspecified atom stereocenters. The van der Waals surface area contributed by atoms with Crippen molar-refractivity contribution in [2.75, 3.05) is 13.2 Å². The van der Waals surface area contributed by atoms with Crippen molar-refractivity contribution in [1.82, 2.24) is 0 Å². The van der Waals surface area contributed by atoms with Crippen LogP contribution in [0.5, 0.6) is 11.5 Å². The number of hydrogen-bond donors (Lipinski definition) is 0. The van der Waals surface area contributed by atoms with Gasteiger partial charge in [0.05, 0.1) is 13.2 Å². The van der Waals surface area contributed by atoms with Crippen molar-refractivity contribution >= 4 is 5.57 Å². The van der Waals surface area contributed by atoms with E-state index in [1.807, 2.05) is 19.9 Å². The Hall–Kier alpha value is -3.21. The predicted molar refractivity (Wildman–Crippen MR) is 134 cm³/mol. The lowest BCUT2D eigenvalue weighted by molar-refractivity contribution is 0.321. The highest BCUT2D eigenvalue weighted by Crippen LogP contribution is 2.35. The molecular weight excluding hydrogens is 449 g/mol. The standard InChI is InChI=1S/C30H31F3O2/c1-3-34-25-15-11-22(12-16-25)26-17-13-23(29(32)30(26)33)10-7-20-5-8-21(9-6-20)24-14-18-28(35-4-2)27(31)19-24/h8,11-20H,3-7,9-10H2,1-2H3. The van der Waals surface area contributed by atoms with Gasteiger partial charge in [-0.3, -0.25) is 0 Å². The van der Waals surface area contributed by atoms with Gasteiger partial charge in [0.2, 0.25) is 0 Å². The van der Waals surface area contributed by atoms with Crippen LogP contribution in [-0.2, 0) is 6.42 Å². The molecule has 0 aromatic heterocycles. The van der Waals surface area contributed by atoms with Crippen molar-refractivity contribution in [2.24, 2.45) is 5.92 Å². The molecule has 0 aliphatic heterocycles. The minimum Gasteiger partial charge on any atom is -0.494 e. The van der Waals surface area contributed by atoms with Crippen molar-refractivity contribution in [3.05, 3.63) is 89.3 Å². The maximum absolute atomic E-state index is 14.9. The average molecular weight is 481 g/mol. The van der Waals surface area contributed by atoms with Gasteiger partial charge >= 0.3 is 0 Å². The van der Waals surface area contributed by atoms with Crippen LogP contribution in [0.3, 0.4) is 0 Å². The molecule has 0 N–H and O–H groups in total. The molecule has 184 valence electrons. The van der Waals surface area contributed by atoms with Gasteiger partial charge in [-0.2, -0.15) is 0 Å². The summed E-state index contributed by atoms with van der Waals surface area (Å²) in [6.45, 7) is 4.70. The maximum atomic E-state index is 14.9. The van der Waals surface area contributed by atoms with Crippen molar-refractivity contribution < 1.29 is 22.6 Å². The molecule has 0 spiro atoms. The van der Waals surface area contributed by atoms with Gasteiger partial charge < -0.3 is 9.47 Å². The maximum Gasteiger partial charge on any atom is 0.166 e. The van der Waals surface area contributed by atoms with E-state index in [1.165, 1.54) is 6.07 Å². The molecule has 0 amide bonds. The summed E-state index contributed by atoms with van der Waals surface area (Å²) in [5.74, 6) is -0.569. The lowest BCUT2D eigenvalue weighted by Gasteiger charge is -2.22. The lowest BCUT2D eigenvalue weighted by Crippen LogP contribution is -2.08. The Morgan fingerprint density at radius 3 is 2.23 bits per heavy atom. The first-order valence-corrected chi connectivity index (χ1v) is 12.3. The summed E-state index contributed by atoms with van der Waals surface area (Å²) < 4.78 is 54.6. The Bertz CT molecular complexity index is 1180. The molecule has 35 heavy (non-hydrogen) atoms. The number of halogens is 3. The van der Waals surface area contributed by atoms with Crippen molar-refractivity contribution in [3.8, 4) is 22.6 Å². The van der Waals surface area contributed by atoms with Gasteiger partial charge in [-0.15, -0.1) is 0 Å². The third-order valence-corrected chi connectivity index (χ3v) is 6.58. The number of benzene rings is 3. The van der Waals surface area contributed by atoms with E-state index in [2.05, 4.69) is 6.08 Å². The van der Waals surface area contributed by atoms with E-state index in [9.17, 15) is 13.2 Å². The van der Waals surface area contributed by atoms with E-state index in [-0.39, 0.29) is 17.1 Å². The molecule has 5 heteroatoms. The van der Waals surface area contributed by atoms with Crippen LogP contribution in [0.4, 0.5) is 13.2 Å². The zero-order valence-corrected chi connectivity index (χ0v) is 20.3. The number of allylic oxidation sites excluding steroid dienone is 2. The largest absolute Gasteiger partial charge is 0.494 e. The minimum atomic E-state index is -0.810. The molecule has 0 fully saturated rings. The first kappa shape index (κ1) is 24.9. The van der Waals surface area contributed by atoms with Crippen molar-refractivity contribution in [3.63, 3.8) is 0 Å². The Kier molecular flexibility index (Phi) is 8.17. The molecule has 0 radical (unpaired) electrons. The highest BCUT2D eigenvalue weighted by Gasteiger charge is 2.19. The van der Waals surface area contributed by atoms with Crippen LogP contribution >= 0.6 is 0 Å². The fourth-order valence-corrected chi connectivity index (χ4v) is 4.65. The van der Waals surface area contributed by atoms with Crippen LogP contribution < -0.4 is 9.47 Å². The SMILES string of the molecule is CCOc1ccc(-c2ccc(CCC3CC=C(c4ccc(OCC)c(F)c4)CC3)c(F)c2F)cc1. The summed E-state index contributed by atoms with van der Waals surface area (Å²) in [6.07, 6.45) is 6.03. The number of aryl methyl sites for hydroxylation is 1. The zero-order valence-electron chi connectivity index (χ0n) is 20.3. The van der Waals surface area contributed by atoms with Gasteiger partial charge in [-0.1, -0.05) is 36.4 Å². The topological polar surface area (TPSA) is 18.5 Å². The van der Waals surface area contributed by atoms with Gasteiger partial charge in [0.1, 0.15) is 5.75 Å². The first-order valence-electron chi connectivity index (χ1n) is 12.3. The van der Waals surface area contributed by atoms with E-state index < -0.39 is 11.6 Å². The van der Waals surface area contributed by atoms with Crippen LogP contribution in [0, 0.1) is 23.4 Å². The Balaban J connectivity index is 1.37. The summed E-state index contributed by atoms with van der Waals surface area (Å²) in [7, 11) is 0. The van der Waals surface area contributed by atoms with Crippen LogP contribution in [-0.4, -0.2) is 13.2 Å². The summed E-state index contributed by atoms with van der Waals surface area (Å²) in [4.78, 5) is 0. The first-order chi connectivity index (χ1) is 17.0. The van der Waals surface area contributed by atoms with E-state index in [1.54, 1.807) is 42.5 Å². The van der Waals surface area contributed by atoms with Gasteiger partial charge in [-0.05, 0) is 98.4 Å². The third kappa shape index (κ3) is 5.90. The molecule has 0 heterocycles. The minimum absolute atomic E-state index is 0.252. The van der Waals surface area contributed by atoms with Crippen LogP contribution in [0.2, 0.25) is 0 Å². The second-order valence-corrected chi connectivity index (χ2v) is 8.84. The molecule has 1 aliphatic rings. The second-order valence-electron chi connectivity index (χ2n) is 8.84. The molecule has 1 aliphatic carbocycles. The van der Waals surface area contributed by atoms with E-state index in [0.29, 0.717) is 42.4 Å². The van der Waals surface area contributed by atoms with E-state index in [0.717, 1.165) is 36.8 Å². The Labute approximate surface area is 205 Å². The fourth-order valence-electron chi connectivity index (χ4n) is 4.65. The van der Waals surface area contributed by atoms with Crippen LogP contribution in [0.1, 0.15) is 50.7 Å². The van der Waals surface area contributed by atoms with Gasteiger partial charge in [-0.25, -0.2) is 13.2 Å². The molecule has 0 saturated heterocycles. The molecule has 3 aromatic rings. The molecule has 3 aromatic carbocycles. The number of rotatable bonds is 9. The van der Waals surface area contributed by atoms with Gasteiger partial charge in [0.25, 0.3) is 0 Å². The zero-order chi connectivity index (χ0) is 24.8. The van der Waals surface area contributed by atoms with Crippen LogP contribution in [0.25, 0.3) is 16.7 Å². The smallest absolute Gasteiger partial charge is 0.166 e. The van der Waals surface area contributed by atoms with E-state index in [4.69, 9.17) is 9.47 Å². The summed E-state index contributed by atoms with van der Waals surface area (Å²) in [5.41, 5.74) is 3.28. The molecular formula is C30H31F3O2. The van der Waals surface area contributed by atoms with Crippen molar-refractivity contribution in [2.45, 2.75) is 46.0 Å². The highest BCUT2D eigenvalue weighted by molar-refractivity contribution is 5.67. The number of ether oxygens (including phenoxy) is 2. The monoisotopic (exact) mass is 480 g/mol. The van der Waals surface area contributed by atoms with Crippen molar-refractivity contribution in [1.29, 1.82) is 0 Å². The lowest BCUT2D eigenvalue weighted by atomic mass is 9.83. The normalized spacial score (nSPS) is 15.6. The fraction of sp³-hybridized carbons (Fsp3) is 0.333. The summed E-state index contributed by atoms with van der Waals surface area (Å²) in [6, 6.07) is 15.4.